The summed E-state index contributed by atoms with van der Waals surface area (Å²) in [5.74, 6) is 0.411. The number of benzene rings is 3. The molecule has 0 bridgehead atoms. The number of ether oxygens (including phenoxy) is 2. The predicted molar refractivity (Wildman–Crippen MR) is 174 cm³/mol. The van der Waals surface area contributed by atoms with E-state index in [0.717, 1.165) is 38.3 Å². The number of amides is 2. The molecule has 43 heavy (non-hydrogen) atoms. The van der Waals surface area contributed by atoms with Crippen molar-refractivity contribution in [3.63, 3.8) is 0 Å². The summed E-state index contributed by atoms with van der Waals surface area (Å²) in [4.78, 5) is 44.6. The average molecular weight is 616 g/mol. The van der Waals surface area contributed by atoms with Crippen molar-refractivity contribution in [2.24, 2.45) is 0 Å². The molecule has 0 saturated carbocycles. The van der Waals surface area contributed by atoms with E-state index in [2.05, 4.69) is 34.1 Å². The summed E-state index contributed by atoms with van der Waals surface area (Å²) in [6.07, 6.45) is 3.25. The van der Waals surface area contributed by atoms with Crippen molar-refractivity contribution in [1.82, 2.24) is 9.80 Å². The van der Waals surface area contributed by atoms with Crippen LogP contribution in [-0.4, -0.2) is 77.4 Å². The average Bonchev–Trinajstić information content (AvgIpc) is 3.32. The molecule has 0 spiro atoms. The van der Waals surface area contributed by atoms with Crippen LogP contribution >= 0.6 is 24.0 Å². The first-order valence-electron chi connectivity index (χ1n) is 14.0. The molecule has 1 atom stereocenters. The molecule has 2 aliphatic rings. The highest BCUT2D eigenvalue weighted by molar-refractivity contribution is 8.23. The maximum atomic E-state index is 13.3. The largest absolute Gasteiger partial charge is 0.493 e. The fraction of sp³-hybridized carbons (Fsp3) is 0.273. The van der Waals surface area contributed by atoms with Crippen molar-refractivity contribution in [3.05, 3.63) is 95.6 Å². The summed E-state index contributed by atoms with van der Waals surface area (Å²) in [5, 5.41) is -0.562. The van der Waals surface area contributed by atoms with Crippen LogP contribution in [0.4, 0.5) is 5.69 Å². The van der Waals surface area contributed by atoms with Gasteiger partial charge in [0.05, 0.1) is 19.9 Å². The number of imide groups is 1. The minimum atomic E-state index is -0.562. The van der Waals surface area contributed by atoms with E-state index < -0.39 is 5.25 Å². The Morgan fingerprint density at radius 2 is 1.63 bits per heavy atom. The molecule has 2 aliphatic heterocycles. The first-order valence-corrected chi connectivity index (χ1v) is 15.3. The van der Waals surface area contributed by atoms with Gasteiger partial charge in [0.25, 0.3) is 0 Å². The van der Waals surface area contributed by atoms with Gasteiger partial charge in [0.15, 0.2) is 17.3 Å². The summed E-state index contributed by atoms with van der Waals surface area (Å²) in [6.45, 7) is 4.24. The van der Waals surface area contributed by atoms with Crippen LogP contribution in [0.1, 0.15) is 27.9 Å². The third-order valence-electron chi connectivity index (χ3n) is 7.47. The second kappa shape index (κ2) is 14.0. The summed E-state index contributed by atoms with van der Waals surface area (Å²) in [6, 6.07) is 22.3. The van der Waals surface area contributed by atoms with Gasteiger partial charge < -0.3 is 14.4 Å². The van der Waals surface area contributed by atoms with Crippen molar-refractivity contribution in [1.29, 1.82) is 0 Å². The molecule has 0 unspecified atom stereocenters. The van der Waals surface area contributed by atoms with E-state index in [4.69, 9.17) is 21.7 Å². The molecule has 5 rings (SSSR count). The van der Waals surface area contributed by atoms with Gasteiger partial charge in [0, 0.05) is 44.7 Å². The Kier molecular flexibility index (Phi) is 9.91. The number of piperazine rings is 1. The quantitative estimate of drug-likeness (QED) is 0.142. The normalized spacial score (nSPS) is 17.5. The smallest absolute Gasteiger partial charge is 0.247 e. The monoisotopic (exact) mass is 615 g/mol. The van der Waals surface area contributed by atoms with E-state index >= 15 is 0 Å². The Hall–Kier alpha value is -3.99. The molecule has 0 radical (unpaired) electrons. The number of rotatable bonds is 9. The van der Waals surface area contributed by atoms with Crippen molar-refractivity contribution in [2.45, 2.75) is 18.2 Å². The third-order valence-corrected chi connectivity index (χ3v) is 9.13. The van der Waals surface area contributed by atoms with Gasteiger partial charge in [-0.25, -0.2) is 4.90 Å². The van der Waals surface area contributed by atoms with Crippen LogP contribution < -0.4 is 14.4 Å². The highest BCUT2D eigenvalue weighted by atomic mass is 32.2. The molecular formula is C33H33N3O5S2. The lowest BCUT2D eigenvalue weighted by atomic mass is 10.1. The number of thioether (sulfide) groups is 1. The number of nitrogens with zero attached hydrogens (tertiary/aromatic N) is 3. The third kappa shape index (κ3) is 7.33. The topological polar surface area (TPSA) is 79.4 Å². The van der Waals surface area contributed by atoms with E-state index in [0.29, 0.717) is 27.1 Å². The molecule has 2 saturated heterocycles. The summed E-state index contributed by atoms with van der Waals surface area (Å²) in [7, 11) is 3.12. The zero-order chi connectivity index (χ0) is 30.3. The van der Waals surface area contributed by atoms with Gasteiger partial charge in [-0.1, -0.05) is 66.5 Å². The zero-order valence-corrected chi connectivity index (χ0v) is 25.7. The molecule has 10 heteroatoms. The lowest BCUT2D eigenvalue weighted by molar-refractivity contribution is -0.121. The fourth-order valence-electron chi connectivity index (χ4n) is 5.09. The number of hydrogen-bond acceptors (Lipinski definition) is 8. The van der Waals surface area contributed by atoms with Gasteiger partial charge >= 0.3 is 0 Å². The number of anilines is 1. The SMILES string of the molecule is COc1ccc(/C=C/C(=O)c2ccc(N3C(=O)C[C@H](SC(=S)N4CCN(Cc5ccccc5)CC4)C3=O)cc2)cc1OC. The van der Waals surface area contributed by atoms with E-state index in [-0.39, 0.29) is 24.0 Å². The van der Waals surface area contributed by atoms with Crippen LogP contribution in [0.2, 0.25) is 0 Å². The van der Waals surface area contributed by atoms with E-state index in [9.17, 15) is 14.4 Å². The van der Waals surface area contributed by atoms with Crippen LogP contribution in [0.5, 0.6) is 11.5 Å². The van der Waals surface area contributed by atoms with Crippen molar-refractivity contribution >= 4 is 57.7 Å². The van der Waals surface area contributed by atoms with Gasteiger partial charge in [-0.2, -0.15) is 0 Å². The second-order valence-corrected chi connectivity index (χ2v) is 12.1. The minimum absolute atomic E-state index is 0.0896. The molecule has 222 valence electrons. The Bertz CT molecular complexity index is 1520. The Morgan fingerprint density at radius 1 is 0.930 bits per heavy atom. The first-order chi connectivity index (χ1) is 20.9. The Labute approximate surface area is 261 Å². The van der Waals surface area contributed by atoms with E-state index in [1.807, 2.05) is 12.1 Å². The van der Waals surface area contributed by atoms with Crippen molar-refractivity contribution in [3.8, 4) is 11.5 Å². The minimum Gasteiger partial charge on any atom is -0.493 e. The number of methoxy groups -OCH3 is 2. The molecule has 3 aromatic carbocycles. The van der Waals surface area contributed by atoms with Crippen LogP contribution in [0.15, 0.2) is 78.9 Å². The van der Waals surface area contributed by atoms with Gasteiger partial charge in [-0.15, -0.1) is 0 Å². The molecule has 2 heterocycles. The summed E-state index contributed by atoms with van der Waals surface area (Å²) >= 11 is 6.98. The maximum absolute atomic E-state index is 13.3. The second-order valence-electron chi connectivity index (χ2n) is 10.3. The molecule has 0 aromatic heterocycles. The number of ketones is 1. The highest BCUT2D eigenvalue weighted by Crippen LogP contribution is 2.32. The van der Waals surface area contributed by atoms with E-state index in [1.165, 1.54) is 28.3 Å². The standard InChI is InChI=1S/C33H33N3O5S2/c1-40-28-15-9-23(20-29(28)41-2)8-14-27(37)25-10-12-26(13-11-25)36-31(38)21-30(32(36)39)43-33(42)35-18-16-34(17-19-35)22-24-6-4-3-5-7-24/h3-15,20,30H,16-19,21-22H2,1-2H3/b14-8+/t30-/m0/s1. The van der Waals surface area contributed by atoms with Gasteiger partial charge in [0.2, 0.25) is 11.8 Å². The van der Waals surface area contributed by atoms with Crippen LogP contribution in [0, 0.1) is 0 Å². The fourth-order valence-corrected chi connectivity index (χ4v) is 6.63. The number of carbonyl (C=O) groups is 3. The van der Waals surface area contributed by atoms with Crippen LogP contribution in [-0.2, 0) is 16.1 Å². The molecular weight excluding hydrogens is 583 g/mol. The Balaban J connectivity index is 1.15. The molecule has 0 aliphatic carbocycles. The zero-order valence-electron chi connectivity index (χ0n) is 24.1. The first kappa shape index (κ1) is 30.5. The number of carbonyl (C=O) groups excluding carboxylic acids is 3. The number of allylic oxidation sites excluding steroid dienone is 1. The number of thiocarbonyl (C=S) groups is 1. The van der Waals surface area contributed by atoms with Gasteiger partial charge in [-0.05, 0) is 53.6 Å². The summed E-state index contributed by atoms with van der Waals surface area (Å²) in [5.41, 5.74) is 2.95. The molecule has 0 N–H and O–H groups in total. The molecule has 2 fully saturated rings. The Morgan fingerprint density at radius 3 is 2.30 bits per heavy atom. The molecule has 2 amide bonds. The lowest BCUT2D eigenvalue weighted by Gasteiger charge is -2.36. The van der Waals surface area contributed by atoms with Crippen molar-refractivity contribution in [2.75, 3.05) is 45.3 Å². The lowest BCUT2D eigenvalue weighted by Crippen LogP contribution is -2.47. The molecule has 8 nitrogen and oxygen atoms in total. The van der Waals surface area contributed by atoms with E-state index in [1.54, 1.807) is 56.7 Å². The maximum Gasteiger partial charge on any atom is 0.247 e. The summed E-state index contributed by atoms with van der Waals surface area (Å²) < 4.78 is 11.2. The molecule has 3 aromatic rings. The van der Waals surface area contributed by atoms with Crippen molar-refractivity contribution < 1.29 is 23.9 Å². The van der Waals surface area contributed by atoms with Gasteiger partial charge in [-0.3, -0.25) is 19.3 Å². The van der Waals surface area contributed by atoms with Crippen LogP contribution in [0.3, 0.4) is 0 Å². The van der Waals surface area contributed by atoms with Crippen LogP contribution in [0.25, 0.3) is 6.08 Å². The number of hydrogen-bond donors (Lipinski definition) is 0. The highest BCUT2D eigenvalue weighted by Gasteiger charge is 2.41. The van der Waals surface area contributed by atoms with Gasteiger partial charge in [0.1, 0.15) is 9.57 Å². The predicted octanol–water partition coefficient (Wildman–Crippen LogP) is 5.07.